The predicted octanol–water partition coefficient (Wildman–Crippen LogP) is 11.7. The summed E-state index contributed by atoms with van der Waals surface area (Å²) in [7, 11) is -6.00. The Labute approximate surface area is 353 Å². The van der Waals surface area contributed by atoms with Crippen LogP contribution < -0.4 is 0 Å². The van der Waals surface area contributed by atoms with Crippen molar-refractivity contribution in [3.05, 3.63) is 36.0 Å². The van der Waals surface area contributed by atoms with E-state index in [1.165, 1.54) is 0 Å². The van der Waals surface area contributed by atoms with Crippen molar-refractivity contribution in [1.82, 2.24) is 0 Å². The van der Waals surface area contributed by atoms with Gasteiger partial charge in [-0.1, -0.05) is 113 Å². The fourth-order valence-electron chi connectivity index (χ4n) is 8.36. The number of carbonyl (C=O) groups is 1. The average molecular weight is 853 g/mol. The molecule has 332 valence electrons. The molecule has 57 heavy (non-hydrogen) atoms. The Balaban J connectivity index is 2.45. The first-order valence-corrected chi connectivity index (χ1v) is 30.7. The van der Waals surface area contributed by atoms with Gasteiger partial charge in [0.15, 0.2) is 25.0 Å². The van der Waals surface area contributed by atoms with E-state index in [4.69, 9.17) is 22.8 Å². The van der Waals surface area contributed by atoms with Crippen LogP contribution in [0.4, 0.5) is 0 Å². The van der Waals surface area contributed by atoms with Crippen LogP contribution in [0.3, 0.4) is 0 Å². The molecule has 0 aromatic carbocycles. The number of hydrogen-bond acceptors (Lipinski definition) is 8. The van der Waals surface area contributed by atoms with Gasteiger partial charge in [-0.15, -0.1) is 0 Å². The summed E-state index contributed by atoms with van der Waals surface area (Å²) in [5.41, 5.74) is -1.02. The van der Waals surface area contributed by atoms with Gasteiger partial charge in [-0.2, -0.15) is 0 Å². The second-order valence-corrected chi connectivity index (χ2v) is 33.8. The summed E-state index contributed by atoms with van der Waals surface area (Å²) in [6.45, 7) is 37.0. The summed E-state index contributed by atoms with van der Waals surface area (Å²) in [6, 6.07) is 6.58. The zero-order valence-electron chi connectivity index (χ0n) is 39.6. The van der Waals surface area contributed by atoms with Crippen molar-refractivity contribution in [3.63, 3.8) is 0 Å². The third kappa shape index (κ3) is 14.6. The molecule has 2 aliphatic rings. The van der Waals surface area contributed by atoms with Gasteiger partial charge in [0.05, 0.1) is 35.9 Å². The molecular weight excluding hydrogens is 765 g/mol. The van der Waals surface area contributed by atoms with Gasteiger partial charge < -0.3 is 33.0 Å². The minimum atomic E-state index is -2.24. The van der Waals surface area contributed by atoms with Crippen LogP contribution in [-0.4, -0.2) is 89.0 Å². The monoisotopic (exact) mass is 853 g/mol. The summed E-state index contributed by atoms with van der Waals surface area (Å²) < 4.78 is 33.8. The molecular formula is C46H88O8Si3. The fraction of sp³-hybridized carbons (Fsp3) is 0.848. The standard InChI is InChI=1S/C46H88O8Si3/c1-18-38(53-56(19-2,20-3)21-4)36(10)43-39(50-43)33-45(14,54-57(22-5,23-6)24-7)30-25-26-34(8)42-35(9)27-28-40(47)46(15,49)31-29-37(32-41(48)51-42)52-55(16,17)44(11,12)13/h25-28,30,35-40,42-43,47,49H,18-24,29,31-33H2,1-17H3/b28-27?,30-25+,34-26+/t35?,36-,37?,38+,39-,40?,42?,43-,45+,46?/m1/s1. The molecule has 11 heteroatoms. The molecule has 10 atom stereocenters. The first kappa shape index (κ1) is 52.2. The van der Waals surface area contributed by atoms with Crippen molar-refractivity contribution in [2.75, 3.05) is 0 Å². The smallest absolute Gasteiger partial charge is 0.308 e. The highest BCUT2D eigenvalue weighted by molar-refractivity contribution is 6.74. The lowest BCUT2D eigenvalue weighted by atomic mass is 9.89. The second kappa shape index (κ2) is 21.8. The largest absolute Gasteiger partial charge is 0.457 e. The number of aliphatic hydroxyl groups excluding tert-OH is 1. The maximum atomic E-state index is 13.7. The maximum Gasteiger partial charge on any atom is 0.308 e. The van der Waals surface area contributed by atoms with E-state index in [2.05, 4.69) is 108 Å². The number of rotatable bonds is 20. The molecule has 0 bridgehead atoms. The Morgan fingerprint density at radius 2 is 1.54 bits per heavy atom. The summed E-state index contributed by atoms with van der Waals surface area (Å²) in [4.78, 5) is 13.7. The topological polar surface area (TPSA) is 107 Å². The van der Waals surface area contributed by atoms with E-state index < -0.39 is 54.5 Å². The van der Waals surface area contributed by atoms with Crippen molar-refractivity contribution in [2.45, 2.75) is 238 Å². The zero-order chi connectivity index (χ0) is 43.6. The molecule has 1 saturated heterocycles. The Hall–Kier alpha value is -0.899. The van der Waals surface area contributed by atoms with Gasteiger partial charge in [0, 0.05) is 24.4 Å². The number of hydrogen-bond donors (Lipinski definition) is 2. The van der Waals surface area contributed by atoms with E-state index >= 15 is 0 Å². The van der Waals surface area contributed by atoms with Crippen molar-refractivity contribution in [3.8, 4) is 0 Å². The van der Waals surface area contributed by atoms with E-state index in [-0.39, 0.29) is 41.7 Å². The number of cyclic esters (lactones) is 1. The summed E-state index contributed by atoms with van der Waals surface area (Å²) >= 11 is 0. The molecule has 8 nitrogen and oxygen atoms in total. The number of epoxide rings is 1. The molecule has 2 N–H and O–H groups in total. The van der Waals surface area contributed by atoms with Crippen LogP contribution >= 0.6 is 0 Å². The lowest BCUT2D eigenvalue weighted by molar-refractivity contribution is -0.151. The Morgan fingerprint density at radius 1 is 0.982 bits per heavy atom. The number of aliphatic hydroxyl groups is 2. The van der Waals surface area contributed by atoms with Crippen LogP contribution in [0.1, 0.15) is 136 Å². The average Bonchev–Trinajstić information content (AvgIpc) is 3.91. The summed E-state index contributed by atoms with van der Waals surface area (Å²) in [6.07, 6.45) is 10.7. The van der Waals surface area contributed by atoms with Gasteiger partial charge in [-0.3, -0.25) is 4.79 Å². The Morgan fingerprint density at radius 3 is 2.05 bits per heavy atom. The third-order valence-corrected chi connectivity index (χ3v) is 28.3. The Bertz CT molecular complexity index is 1310. The molecule has 0 radical (unpaired) electrons. The van der Waals surface area contributed by atoms with Crippen LogP contribution in [0.15, 0.2) is 36.0 Å². The highest BCUT2D eigenvalue weighted by Crippen LogP contribution is 2.43. The molecule has 0 amide bonds. The first-order valence-electron chi connectivity index (χ1n) is 22.7. The zero-order valence-corrected chi connectivity index (χ0v) is 42.6. The molecule has 0 aliphatic carbocycles. The van der Waals surface area contributed by atoms with Crippen molar-refractivity contribution in [1.29, 1.82) is 0 Å². The molecule has 2 heterocycles. The van der Waals surface area contributed by atoms with E-state index in [0.29, 0.717) is 18.8 Å². The molecule has 0 aromatic heterocycles. The van der Waals surface area contributed by atoms with Gasteiger partial charge in [0.1, 0.15) is 12.2 Å². The maximum absolute atomic E-state index is 13.7. The van der Waals surface area contributed by atoms with E-state index in [1.54, 1.807) is 13.0 Å². The van der Waals surface area contributed by atoms with Crippen LogP contribution in [0.5, 0.6) is 0 Å². The number of ether oxygens (including phenoxy) is 2. The molecule has 0 aromatic rings. The van der Waals surface area contributed by atoms with E-state index in [9.17, 15) is 15.0 Å². The summed E-state index contributed by atoms with van der Waals surface area (Å²) in [5, 5.41) is 22.3. The highest BCUT2D eigenvalue weighted by Gasteiger charge is 2.51. The van der Waals surface area contributed by atoms with Crippen LogP contribution in [-0.2, 0) is 27.5 Å². The fourth-order valence-corrected chi connectivity index (χ4v) is 15.8. The second-order valence-electron chi connectivity index (χ2n) is 19.6. The molecule has 2 aliphatic heterocycles. The minimum Gasteiger partial charge on any atom is -0.457 e. The minimum absolute atomic E-state index is 0.0522. The lowest BCUT2D eigenvalue weighted by Crippen LogP contribution is -2.46. The lowest BCUT2D eigenvalue weighted by Gasteiger charge is -2.40. The molecule has 0 saturated carbocycles. The van der Waals surface area contributed by atoms with E-state index in [0.717, 1.165) is 54.7 Å². The van der Waals surface area contributed by atoms with Crippen LogP contribution in [0, 0.1) is 11.8 Å². The van der Waals surface area contributed by atoms with Crippen LogP contribution in [0.25, 0.3) is 0 Å². The van der Waals surface area contributed by atoms with Crippen LogP contribution in [0.2, 0.25) is 54.4 Å². The van der Waals surface area contributed by atoms with Gasteiger partial charge >= 0.3 is 5.97 Å². The number of allylic oxidation sites excluding steroid dienone is 2. The highest BCUT2D eigenvalue weighted by atomic mass is 28.4. The van der Waals surface area contributed by atoms with Gasteiger partial charge in [-0.05, 0) is 100 Å². The quantitative estimate of drug-likeness (QED) is 0.0410. The number of carbonyl (C=O) groups excluding carboxylic acids is 1. The molecule has 5 unspecified atom stereocenters. The van der Waals surface area contributed by atoms with Gasteiger partial charge in [0.25, 0.3) is 0 Å². The first-order chi connectivity index (χ1) is 26.4. The third-order valence-electron chi connectivity index (χ3n) is 14.3. The molecule has 0 spiro atoms. The normalized spacial score (nSPS) is 29.7. The van der Waals surface area contributed by atoms with Gasteiger partial charge in [0.2, 0.25) is 0 Å². The SMILES string of the molecule is CC[C@H](O[Si](CC)(CC)CC)[C@@H](C)[C@H]1O[C@@H]1C[C@](C)(/C=C/C=C(\C)C1OC(=O)CC(O[Si](C)(C)C(C)(C)C)CCC(C)(O)C(O)C=CC1C)O[Si](CC)(CC)CC. The van der Waals surface area contributed by atoms with E-state index in [1.807, 2.05) is 26.0 Å². The van der Waals surface area contributed by atoms with Crippen molar-refractivity contribution >= 4 is 30.9 Å². The molecule has 2 rings (SSSR count). The van der Waals surface area contributed by atoms with Gasteiger partial charge in [-0.25, -0.2) is 0 Å². The molecule has 1 fully saturated rings. The summed E-state index contributed by atoms with van der Waals surface area (Å²) in [5.74, 6) is -0.273. The predicted molar refractivity (Wildman–Crippen MR) is 245 cm³/mol. The number of esters is 1. The van der Waals surface area contributed by atoms with Crippen molar-refractivity contribution < 1.29 is 37.8 Å². The van der Waals surface area contributed by atoms with Crippen molar-refractivity contribution in [2.24, 2.45) is 11.8 Å². The Kier molecular flexibility index (Phi) is 19.9.